The van der Waals surface area contributed by atoms with Crippen LogP contribution >= 0.6 is 0 Å². The molecular formula is C64H111N5O32. The van der Waals surface area contributed by atoms with Gasteiger partial charge in [0.05, 0.1) is 63.9 Å². The van der Waals surface area contributed by atoms with Crippen LogP contribution in [0.2, 0.25) is 0 Å². The number of hydrogen-bond donors (Lipinski definition) is 20. The summed E-state index contributed by atoms with van der Waals surface area (Å²) in [6, 6.07) is -3.40. The number of quaternary nitrogens is 1. The molecule has 584 valence electrons. The molecule has 1 aromatic rings. The highest BCUT2D eigenvalue weighted by atomic mass is 16.8. The molecule has 5 aliphatic heterocycles. The van der Waals surface area contributed by atoms with Crippen molar-refractivity contribution in [2.45, 2.75) is 308 Å². The first-order valence-electron chi connectivity index (χ1n) is 34.4. The maximum Gasteiger partial charge on any atom is 0.220 e. The van der Waals surface area contributed by atoms with Gasteiger partial charge in [-0.25, -0.2) is 0 Å². The molecule has 1 aromatic heterocycles. The number of aliphatic hydroxyl groups is 16. The monoisotopic (exact) mass is 1460 g/mol. The smallest absolute Gasteiger partial charge is 0.220 e. The van der Waals surface area contributed by atoms with E-state index in [1.54, 1.807) is 13.0 Å². The normalized spacial score (nSPS) is 35.8. The molecule has 37 nitrogen and oxygen atoms in total. The van der Waals surface area contributed by atoms with Crippen LogP contribution in [0.3, 0.4) is 0 Å². The Morgan fingerprint density at radius 2 is 1.11 bits per heavy atom. The van der Waals surface area contributed by atoms with Gasteiger partial charge < -0.3 is 166 Å². The fourth-order valence-corrected chi connectivity index (χ4v) is 12.8. The highest BCUT2D eigenvalue weighted by Gasteiger charge is 2.61. The lowest BCUT2D eigenvalue weighted by Gasteiger charge is -2.54. The van der Waals surface area contributed by atoms with E-state index in [0.29, 0.717) is 17.9 Å². The number of carbonyl (C=O) groups excluding carboxylic acids is 4. The van der Waals surface area contributed by atoms with Gasteiger partial charge in [0.25, 0.3) is 0 Å². The van der Waals surface area contributed by atoms with Gasteiger partial charge in [-0.2, -0.15) is 0 Å². The Balaban J connectivity index is 0.0000184. The minimum absolute atomic E-state index is 0. The number of aliphatic carboxylic acids is 1. The maximum atomic E-state index is 13.7. The second-order valence-corrected chi connectivity index (χ2v) is 26.2. The van der Waals surface area contributed by atoms with Crippen molar-refractivity contribution < 1.29 is 158 Å². The van der Waals surface area contributed by atoms with Crippen LogP contribution in [0.4, 0.5) is 0 Å². The molecule has 101 heavy (non-hydrogen) atoms. The van der Waals surface area contributed by atoms with E-state index in [9.17, 15) is 106 Å². The maximum absolute atomic E-state index is 13.7. The van der Waals surface area contributed by atoms with Crippen molar-refractivity contribution in [3.05, 3.63) is 23.6 Å². The van der Waals surface area contributed by atoms with Crippen molar-refractivity contribution >= 4 is 29.8 Å². The van der Waals surface area contributed by atoms with Gasteiger partial charge in [-0.1, -0.05) is 108 Å². The highest BCUT2D eigenvalue weighted by molar-refractivity contribution is 5.76. The number of rotatable bonds is 41. The Hall–Kier alpha value is -4.25. The standard InChI is InChI=1S/C64H108N4O32.H3N/c1-5-6-7-8-9-10-11-12-13-14-15-16-17-18-19-20-43(79)67-35(36(76)22-21-34-23-31(2)100-68-34)30-90-60-52(86)50(84)54(41(28-72)93-60)95-62-53(87)58(99-64(63(88)89)24-37(77)44(65-32(3)74)57(98-64)46(80)38(78)25-69)55(42(29-73)94-62)96-59-45(66-33(4)75)56(48(82)40(27-71)91-59)97-61-51(85)49(83)47(81)39(26-70)92-61;/h21-23,35-42,44-62,69-73,76-78,80-87H,5-20,24-30H2,1-4H3,(H,65,74)(H,66,75)(H,67,79)(H,88,89);1H3/b22-21+;/t35-,36+,37-,38+,39+,40+,41+,42+,44?,45+,46+,47-,48-,49-,50+,51+,52+,53+,54+,55-,56+,57?,58+,59-,60+,61-,62-,64-;/m0./s1. The minimum Gasteiger partial charge on any atom is -0.544 e. The largest absolute Gasteiger partial charge is 0.544 e. The molecule has 5 aliphatic rings. The number of aromatic nitrogens is 1. The lowest BCUT2D eigenvalue weighted by Crippen LogP contribution is -2.73. The van der Waals surface area contributed by atoms with Crippen LogP contribution in [-0.4, -0.2) is 321 Å². The molecule has 0 spiro atoms. The molecule has 0 aliphatic carbocycles. The quantitative estimate of drug-likeness (QED) is 0.0271. The summed E-state index contributed by atoms with van der Waals surface area (Å²) in [5.74, 6) is -7.74. The molecule has 0 aromatic carbocycles. The number of carbonyl (C=O) groups is 4. The zero-order valence-electron chi connectivity index (χ0n) is 57.7. The molecule has 3 amide bonds. The summed E-state index contributed by atoms with van der Waals surface area (Å²) in [4.78, 5) is 52.6. The first-order chi connectivity index (χ1) is 47.7. The van der Waals surface area contributed by atoms with Crippen LogP contribution in [0.5, 0.6) is 0 Å². The van der Waals surface area contributed by atoms with Crippen LogP contribution in [-0.2, 0) is 66.5 Å². The molecule has 5 saturated heterocycles. The number of hydrogen-bond acceptors (Lipinski definition) is 33. The molecule has 6 heterocycles. The summed E-state index contributed by atoms with van der Waals surface area (Å²) in [5, 5.41) is 202. The predicted molar refractivity (Wildman–Crippen MR) is 342 cm³/mol. The molecule has 28 atom stereocenters. The Labute approximate surface area is 584 Å². The topological polar surface area (TPSA) is 606 Å². The zero-order chi connectivity index (χ0) is 73.5. The van der Waals surface area contributed by atoms with Crippen molar-refractivity contribution in [1.29, 1.82) is 0 Å². The van der Waals surface area contributed by atoms with E-state index < -0.39 is 241 Å². The van der Waals surface area contributed by atoms with Crippen molar-refractivity contribution in [1.82, 2.24) is 27.3 Å². The number of unbranched alkanes of at least 4 members (excludes halogenated alkanes) is 14. The van der Waals surface area contributed by atoms with E-state index in [2.05, 4.69) is 28.0 Å². The van der Waals surface area contributed by atoms with E-state index in [-0.39, 0.29) is 12.6 Å². The average Bonchev–Trinajstić information content (AvgIpc) is 1.37. The van der Waals surface area contributed by atoms with Crippen LogP contribution in [0.1, 0.15) is 141 Å². The Bertz CT molecular complexity index is 2620. The lowest BCUT2D eigenvalue weighted by molar-refractivity contribution is -0.421. The molecule has 37 heteroatoms. The Kier molecular flexibility index (Phi) is 37.0. The predicted octanol–water partition coefficient (Wildman–Crippen LogP) is -6.25. The Morgan fingerprint density at radius 1 is 0.614 bits per heavy atom. The van der Waals surface area contributed by atoms with Gasteiger partial charge in [0, 0.05) is 32.8 Å². The lowest BCUT2D eigenvalue weighted by atomic mass is 9.88. The number of nitrogens with zero attached hydrogens (tertiary/aromatic N) is 1. The zero-order valence-corrected chi connectivity index (χ0v) is 57.7. The molecule has 23 N–H and O–H groups in total. The molecule has 6 rings (SSSR count). The van der Waals surface area contributed by atoms with Gasteiger partial charge in [-0.15, -0.1) is 0 Å². The van der Waals surface area contributed by atoms with Crippen LogP contribution in [0.15, 0.2) is 16.7 Å². The third kappa shape index (κ3) is 24.1. The number of amides is 3. The van der Waals surface area contributed by atoms with E-state index in [1.165, 1.54) is 69.9 Å². The summed E-state index contributed by atoms with van der Waals surface area (Å²) in [6.45, 7) is -0.491. The fraction of sp³-hybridized carbons (Fsp3) is 0.859. The van der Waals surface area contributed by atoms with E-state index in [1.807, 2.05) is 0 Å². The summed E-state index contributed by atoms with van der Waals surface area (Å²) < 4.78 is 64.5. The second-order valence-electron chi connectivity index (χ2n) is 26.2. The molecule has 0 radical (unpaired) electrons. The van der Waals surface area contributed by atoms with Gasteiger partial charge >= 0.3 is 0 Å². The third-order valence-corrected chi connectivity index (χ3v) is 18.4. The molecule has 0 saturated carbocycles. The first-order valence-corrected chi connectivity index (χ1v) is 34.4. The Morgan fingerprint density at radius 3 is 1.65 bits per heavy atom. The molecule has 5 fully saturated rings. The summed E-state index contributed by atoms with van der Waals surface area (Å²) >= 11 is 0. The number of carboxylic acid groups (broad SMARTS) is 1. The second kappa shape index (κ2) is 42.8. The number of aliphatic hydroxyl groups excluding tert-OH is 16. The van der Waals surface area contributed by atoms with Gasteiger partial charge in [0.2, 0.25) is 23.5 Å². The first kappa shape index (κ1) is 87.4. The number of ether oxygens (including phenoxy) is 10. The van der Waals surface area contributed by atoms with Crippen molar-refractivity contribution in [2.24, 2.45) is 0 Å². The fourth-order valence-electron chi connectivity index (χ4n) is 12.8. The summed E-state index contributed by atoms with van der Waals surface area (Å²) in [7, 11) is 0. The van der Waals surface area contributed by atoms with Crippen LogP contribution in [0.25, 0.3) is 6.08 Å². The van der Waals surface area contributed by atoms with Crippen LogP contribution in [0, 0.1) is 6.92 Å². The molecular weight excluding hydrogens is 1350 g/mol. The van der Waals surface area contributed by atoms with E-state index in [4.69, 9.17) is 51.9 Å². The molecule has 2 unspecified atom stereocenters. The van der Waals surface area contributed by atoms with Crippen LogP contribution < -0.4 is 27.2 Å². The van der Waals surface area contributed by atoms with Crippen molar-refractivity contribution in [3.63, 3.8) is 0 Å². The van der Waals surface area contributed by atoms with Gasteiger partial charge in [0.1, 0.15) is 133 Å². The number of nitrogens with one attached hydrogen (secondary N) is 3. The summed E-state index contributed by atoms with van der Waals surface area (Å²) in [5.41, 5.74) is 0.325. The molecule has 0 bridgehead atoms. The van der Waals surface area contributed by atoms with Gasteiger partial charge in [0.15, 0.2) is 25.2 Å². The minimum atomic E-state index is -3.50. The van der Waals surface area contributed by atoms with Crippen molar-refractivity contribution in [3.8, 4) is 0 Å². The SMILES string of the molecule is CCCCCCCCCCCCCCCCCC(=O)N[C@@H](CO[C@@H]1O[C@H](CO)[C@@H](O[C@@H]2O[C@H](CO)[C@H](O[C@@H]3O[C@H](CO)[C@H](O)[C@H](O[C@@H]4O[C@H](CO)[C@H](O)[C@H](O)[C@H]4O)[C@H]3NC(C)=O)[C@H](O[C@]3(C(=O)[O-])C[C@H](O)C(NC(C)=O)C([C@H](O)[C@H](O)CO)O3)[C@H]2O)[C@H](O)[C@H]1O)[C@H](O)/C=C/c1cc(C)on1.[NH4+]. The summed E-state index contributed by atoms with van der Waals surface area (Å²) in [6.07, 6.45) is -32.0. The third-order valence-electron chi connectivity index (χ3n) is 18.4. The van der Waals surface area contributed by atoms with Gasteiger partial charge in [-0.05, 0) is 19.4 Å². The van der Waals surface area contributed by atoms with E-state index in [0.717, 1.165) is 46.0 Å². The highest BCUT2D eigenvalue weighted by Crippen LogP contribution is 2.41. The van der Waals surface area contributed by atoms with E-state index >= 15 is 0 Å². The van der Waals surface area contributed by atoms with Gasteiger partial charge in [-0.3, -0.25) is 14.4 Å². The number of carboxylic acids is 1. The average molecular weight is 1460 g/mol. The number of aryl methyl sites for hydroxylation is 1. The van der Waals surface area contributed by atoms with Crippen molar-refractivity contribution in [2.75, 3.05) is 39.6 Å².